The Bertz CT molecular complexity index is 4270. The first kappa shape index (κ1) is 90.3. The van der Waals surface area contributed by atoms with Crippen LogP contribution in [0.4, 0.5) is 0 Å². The van der Waals surface area contributed by atoms with Crippen LogP contribution in [-0.2, 0) is 62.5 Å². The molecule has 0 saturated carbocycles. The van der Waals surface area contributed by atoms with Gasteiger partial charge in [0.15, 0.2) is 22.8 Å². The number of esters is 4. The highest BCUT2D eigenvalue weighted by Crippen LogP contribution is 2.31. The molecule has 0 atom stereocenters. The molecule has 106 heavy (non-hydrogen) atoms. The van der Waals surface area contributed by atoms with Gasteiger partial charge in [0.05, 0.1) is 56.6 Å². The number of amides is 1. The first-order valence-corrected chi connectivity index (χ1v) is 37.2. The molecule has 3 aromatic carbocycles. The van der Waals surface area contributed by atoms with Crippen molar-refractivity contribution in [3.63, 3.8) is 0 Å². The SMILES string of the molecule is C#CCCCCO.CCOC(=O)/C(Cl)=N/O.CCOC(=O)c1cc(CCCCBr)on1.CCOC(=O)c1cc(CCCCO)on1.CCOC(=O)c1cc(CCCCn2ccc3cc(Cl)c(Cl)cc32)on1.Clc1cc2cc[nH]c2cc1Cl.O=C(NO)c1cc(CCCCn2ccc3cc(Cl)c(Cl)cc32)on1. The van der Waals surface area contributed by atoms with E-state index in [0.717, 1.165) is 140 Å². The van der Waals surface area contributed by atoms with E-state index in [1.54, 1.807) is 45.9 Å². The number of nitrogens with zero attached hydrogens (tertiary/aromatic N) is 7. The van der Waals surface area contributed by atoms with Crippen LogP contribution >= 0.6 is 97.1 Å². The molecule has 0 aliphatic carbocycles. The van der Waals surface area contributed by atoms with E-state index < -0.39 is 35.0 Å². The molecule has 1 amide bonds. The maximum absolute atomic E-state index is 11.6. The Morgan fingerprint density at radius 2 is 0.906 bits per heavy atom. The standard InChI is InChI=1S/C18H18Cl2N2O3.C16H15Cl2N3O3.C10H14BrNO3.C10H15NO4.C8H5Cl2N.C6H10O.C4H6ClNO3/c1-2-24-18(23)16-10-13(25-21-16)5-3-4-7-22-8-6-12-9-14(19)15(20)11-17(12)22;17-12-7-10-4-6-21(15(10)9-13(12)18)5-2-1-3-11-8-14(20-24-11)16(22)19-23;1-2-14-10(13)9-7-8(15-12-9)5-3-4-6-11;1-2-14-10(13)9-7-8(15-11-9)5-3-4-6-12;9-6-3-5-1-2-11-8(5)4-7(6)10;1-2-3-4-5-6-7;1-2-9-4(7)3(5)6-8/h6,8-11H,2-5,7H2,1H3;4,6-9,23H,1-3,5H2,(H,19,22);7H,2-6H2,1H3;7,12H,2-6H2,1H3;1-4,11H;1,7H,3-6H2;8H,2H2,1H3/b;;;;;;6-3-. The summed E-state index contributed by atoms with van der Waals surface area (Å²) in [7, 11) is 0. The van der Waals surface area contributed by atoms with Gasteiger partial charge in [-0.15, -0.1) is 12.3 Å². The lowest BCUT2D eigenvalue weighted by molar-refractivity contribution is -0.134. The van der Waals surface area contributed by atoms with Gasteiger partial charge in [-0.1, -0.05) is 123 Å². The Hall–Kier alpha value is -8.11. The summed E-state index contributed by atoms with van der Waals surface area (Å²) in [6, 6.07) is 23.5. The second kappa shape index (κ2) is 51.2. The third-order valence-electron chi connectivity index (χ3n) is 14.3. The van der Waals surface area contributed by atoms with E-state index in [4.69, 9.17) is 141 Å². The third-order valence-corrected chi connectivity index (χ3v) is 17.2. The number of aliphatic hydroxyl groups is 2. The fraction of sp³-hybridized carbons (Fsp3) is 0.389. The molecule has 0 unspecified atom stereocenters. The van der Waals surface area contributed by atoms with E-state index in [9.17, 15) is 24.0 Å². The topological polar surface area (TPSA) is 357 Å². The van der Waals surface area contributed by atoms with Crippen molar-refractivity contribution in [3.05, 3.63) is 173 Å². The van der Waals surface area contributed by atoms with Crippen molar-refractivity contribution < 1.29 is 81.6 Å². The summed E-state index contributed by atoms with van der Waals surface area (Å²) < 4.78 is 43.3. The maximum atomic E-state index is 11.6. The van der Waals surface area contributed by atoms with E-state index in [-0.39, 0.29) is 42.6 Å². The number of hydrogen-bond acceptors (Lipinski definition) is 22. The van der Waals surface area contributed by atoms with Gasteiger partial charge in [-0.25, -0.2) is 24.7 Å². The first-order chi connectivity index (χ1) is 51.1. The van der Waals surface area contributed by atoms with Crippen LogP contribution < -0.4 is 5.48 Å². The van der Waals surface area contributed by atoms with Crippen LogP contribution in [0, 0.1) is 12.3 Å². The molecule has 7 heterocycles. The molecule has 10 rings (SSSR count). The Morgan fingerprint density at radius 3 is 1.30 bits per heavy atom. The van der Waals surface area contributed by atoms with Crippen LogP contribution in [0.5, 0.6) is 0 Å². The zero-order valence-electron chi connectivity index (χ0n) is 58.5. The lowest BCUT2D eigenvalue weighted by atomic mass is 10.2. The first-order valence-electron chi connectivity index (χ1n) is 33.5. The van der Waals surface area contributed by atoms with Crippen molar-refractivity contribution in [1.29, 1.82) is 0 Å². The average molecular weight is 1670 g/mol. The van der Waals surface area contributed by atoms with Crippen molar-refractivity contribution in [2.24, 2.45) is 5.16 Å². The number of benzene rings is 3. The molecule has 34 heteroatoms. The van der Waals surface area contributed by atoms with Crippen LogP contribution in [0.15, 0.2) is 121 Å². The van der Waals surface area contributed by atoms with E-state index in [2.05, 4.69) is 66.5 Å². The smallest absolute Gasteiger partial charge is 0.372 e. The van der Waals surface area contributed by atoms with E-state index in [1.165, 1.54) is 11.5 Å². The summed E-state index contributed by atoms with van der Waals surface area (Å²) in [5.41, 5.74) is 5.40. The summed E-state index contributed by atoms with van der Waals surface area (Å²) >= 11 is 44.2. The maximum Gasteiger partial charge on any atom is 0.372 e. The minimum absolute atomic E-state index is 0.0652. The quantitative estimate of drug-likeness (QED) is 0.00280. The van der Waals surface area contributed by atoms with Crippen LogP contribution in [0.1, 0.15) is 163 Å². The van der Waals surface area contributed by atoms with Crippen LogP contribution in [0.25, 0.3) is 32.7 Å². The Morgan fingerprint density at radius 1 is 0.528 bits per heavy atom. The molecule has 6 N–H and O–H groups in total. The highest BCUT2D eigenvalue weighted by molar-refractivity contribution is 9.09. The minimum Gasteiger partial charge on any atom is -0.461 e. The molecule has 26 nitrogen and oxygen atoms in total. The fourth-order valence-corrected chi connectivity index (χ4v) is 10.6. The number of carbonyl (C=O) groups excluding carboxylic acids is 5. The summed E-state index contributed by atoms with van der Waals surface area (Å²) in [4.78, 5) is 58.5. The van der Waals surface area contributed by atoms with Crippen molar-refractivity contribution in [2.45, 2.75) is 137 Å². The number of halogens is 8. The number of aromatic amines is 1. The van der Waals surface area contributed by atoms with Gasteiger partial charge >= 0.3 is 23.9 Å². The Labute approximate surface area is 655 Å². The number of aromatic nitrogens is 7. The molecule has 574 valence electrons. The van der Waals surface area contributed by atoms with Gasteiger partial charge in [-0.2, -0.15) is 0 Å². The van der Waals surface area contributed by atoms with Gasteiger partial charge in [-0.05, 0) is 147 Å². The Kier molecular flexibility index (Phi) is 43.6. The third kappa shape index (κ3) is 32.1. The number of hydroxylamine groups is 1. The number of ether oxygens (including phenoxy) is 4. The number of fused-ring (bicyclic) bond motifs is 3. The number of oxime groups is 1. The van der Waals surface area contributed by atoms with Gasteiger partial charge in [0, 0.05) is 139 Å². The molecular formula is C72H83BrCl7N9O17. The highest BCUT2D eigenvalue weighted by atomic mass is 79.9. The second-order valence-corrected chi connectivity index (χ2v) is 25.6. The van der Waals surface area contributed by atoms with Gasteiger partial charge in [-0.3, -0.25) is 10.0 Å². The molecule has 0 bridgehead atoms. The molecular weight excluding hydrogens is 1590 g/mol. The normalized spacial score (nSPS) is 10.6. The average Bonchev–Trinajstić information content (AvgIpc) is 1.66. The predicted molar refractivity (Wildman–Crippen MR) is 409 cm³/mol. The van der Waals surface area contributed by atoms with Crippen molar-refractivity contribution in [2.75, 3.05) is 45.0 Å². The highest BCUT2D eigenvalue weighted by Gasteiger charge is 2.17. The Balaban J connectivity index is 0.000000272. The molecule has 0 aliphatic rings. The number of rotatable bonds is 30. The van der Waals surface area contributed by atoms with Crippen LogP contribution in [0.3, 0.4) is 0 Å². The van der Waals surface area contributed by atoms with Crippen LogP contribution in [0.2, 0.25) is 30.1 Å². The number of aliphatic hydroxyl groups excluding tert-OH is 2. The largest absolute Gasteiger partial charge is 0.461 e. The molecule has 0 saturated heterocycles. The summed E-state index contributed by atoms with van der Waals surface area (Å²) in [6.45, 7) is 10.2. The zero-order chi connectivity index (χ0) is 77.8. The number of alkyl halides is 1. The monoisotopic (exact) mass is 1670 g/mol. The van der Waals surface area contributed by atoms with Crippen LogP contribution in [-0.4, -0.2) is 135 Å². The molecule has 7 aromatic heterocycles. The fourth-order valence-electron chi connectivity index (χ4n) is 9.13. The van der Waals surface area contributed by atoms with Crippen molar-refractivity contribution >= 4 is 165 Å². The lowest BCUT2D eigenvalue weighted by Crippen LogP contribution is -2.18. The van der Waals surface area contributed by atoms with Gasteiger partial charge in [0.25, 0.3) is 11.1 Å². The van der Waals surface area contributed by atoms with E-state index in [1.807, 2.05) is 73.2 Å². The van der Waals surface area contributed by atoms with Crippen molar-refractivity contribution in [1.82, 2.24) is 40.2 Å². The molecule has 0 spiro atoms. The van der Waals surface area contributed by atoms with Gasteiger partial charge < -0.3 is 66.6 Å². The minimum atomic E-state index is -0.818. The van der Waals surface area contributed by atoms with E-state index in [0.29, 0.717) is 80.1 Å². The number of carbonyl (C=O) groups is 5. The molecule has 10 aromatic rings. The number of unbranched alkanes of at least 4 members (excludes halogenated alkanes) is 6. The molecule has 0 fully saturated rings. The number of aryl methyl sites for hydroxylation is 6. The predicted octanol–water partition coefficient (Wildman–Crippen LogP) is 17.8. The lowest BCUT2D eigenvalue weighted by Gasteiger charge is -2.06. The number of nitrogens with one attached hydrogen (secondary N) is 2. The van der Waals surface area contributed by atoms with Gasteiger partial charge in [0.1, 0.15) is 23.0 Å². The van der Waals surface area contributed by atoms with E-state index >= 15 is 0 Å². The molecule has 0 aliphatic heterocycles. The number of hydrogen-bond donors (Lipinski definition) is 6. The second-order valence-electron chi connectivity index (χ2n) is 22.1. The summed E-state index contributed by atoms with van der Waals surface area (Å²) in [5.74, 6) is 2.34. The summed E-state index contributed by atoms with van der Waals surface area (Å²) in [6.07, 6.45) is 23.6. The van der Waals surface area contributed by atoms with Gasteiger partial charge in [0.2, 0.25) is 0 Å². The molecule has 0 radical (unpaired) electrons. The van der Waals surface area contributed by atoms with Crippen molar-refractivity contribution in [3.8, 4) is 12.3 Å². The number of terminal acetylenes is 1. The zero-order valence-corrected chi connectivity index (χ0v) is 65.4. The number of H-pyrrole nitrogens is 1. The summed E-state index contributed by atoms with van der Waals surface area (Å²) in [5, 5.41) is 57.3.